The molecule has 0 bridgehead atoms. The summed E-state index contributed by atoms with van der Waals surface area (Å²) in [6.07, 6.45) is 9.70. The van der Waals surface area contributed by atoms with E-state index in [1.165, 1.54) is 46.8 Å². The van der Waals surface area contributed by atoms with Gasteiger partial charge in [0.1, 0.15) is 5.75 Å². The van der Waals surface area contributed by atoms with Crippen LogP contribution in [0.15, 0.2) is 16.4 Å². The van der Waals surface area contributed by atoms with E-state index in [4.69, 9.17) is 0 Å². The number of hydrogen-bond donors (Lipinski definition) is 1. The fourth-order valence-corrected chi connectivity index (χ4v) is 9.04. The van der Waals surface area contributed by atoms with Crippen LogP contribution in [-0.2, 0) is 10.8 Å². The minimum Gasteiger partial charge on any atom is -0.507 e. The maximum atomic E-state index is 11.4. The molecule has 1 N–H and O–H groups in total. The second-order valence-corrected chi connectivity index (χ2v) is 13.9. The summed E-state index contributed by atoms with van der Waals surface area (Å²) < 4.78 is 1.49. The zero-order chi connectivity index (χ0) is 23.1. The number of rotatable bonds is 13. The minimum atomic E-state index is -0.0290. The molecule has 1 aliphatic rings. The van der Waals surface area contributed by atoms with Crippen molar-refractivity contribution in [2.75, 3.05) is 11.5 Å². The first kappa shape index (κ1) is 27.1. The normalized spacial score (nSPS) is 15.2. The van der Waals surface area contributed by atoms with Gasteiger partial charge < -0.3 is 5.11 Å². The van der Waals surface area contributed by atoms with Gasteiger partial charge in [0.25, 0.3) is 0 Å². The van der Waals surface area contributed by atoms with E-state index in [1.54, 1.807) is 0 Å². The van der Waals surface area contributed by atoms with E-state index in [9.17, 15) is 5.11 Å². The lowest BCUT2D eigenvalue weighted by molar-refractivity contribution is 0.388. The van der Waals surface area contributed by atoms with Crippen molar-refractivity contribution in [1.82, 2.24) is 0 Å². The second-order valence-electron chi connectivity index (χ2n) is 10.2. The Kier molecular flexibility index (Phi) is 10.8. The van der Waals surface area contributed by atoms with Gasteiger partial charge in [0.15, 0.2) is 0 Å². The summed E-state index contributed by atoms with van der Waals surface area (Å²) in [7, 11) is 3.92. The molecule has 0 spiro atoms. The van der Waals surface area contributed by atoms with Crippen molar-refractivity contribution in [3.63, 3.8) is 0 Å². The van der Waals surface area contributed by atoms with E-state index in [-0.39, 0.29) is 10.8 Å². The Morgan fingerprint density at radius 3 is 1.97 bits per heavy atom. The smallest absolute Gasteiger partial charge is 0.123 e. The van der Waals surface area contributed by atoms with Crippen molar-refractivity contribution in [3.05, 3.63) is 33.1 Å². The molecule has 0 amide bonds. The van der Waals surface area contributed by atoms with Crippen LogP contribution < -0.4 is 0 Å². The van der Waals surface area contributed by atoms with Gasteiger partial charge in [-0.05, 0) is 59.1 Å². The van der Waals surface area contributed by atoms with Gasteiger partial charge in [-0.1, -0.05) is 102 Å². The molecule has 0 aliphatic carbocycles. The number of hydrogen-bond acceptors (Lipinski definition) is 4. The molecule has 0 unspecified atom stereocenters. The third kappa shape index (κ3) is 7.14. The summed E-state index contributed by atoms with van der Waals surface area (Å²) in [4.78, 5) is 0. The molecule has 0 atom stereocenters. The number of aromatic hydroxyl groups is 1. The molecule has 1 aliphatic heterocycles. The van der Waals surface area contributed by atoms with Gasteiger partial charge in [-0.2, -0.15) is 0 Å². The molecule has 0 saturated heterocycles. The van der Waals surface area contributed by atoms with Crippen LogP contribution in [0.4, 0.5) is 0 Å². The largest absolute Gasteiger partial charge is 0.507 e. The van der Waals surface area contributed by atoms with Crippen molar-refractivity contribution in [3.8, 4) is 5.75 Å². The average molecular weight is 481 g/mol. The Morgan fingerprint density at radius 2 is 1.45 bits per heavy atom. The summed E-state index contributed by atoms with van der Waals surface area (Å²) in [5.41, 5.74) is 5.03. The first-order valence-corrected chi connectivity index (χ1v) is 15.5. The zero-order valence-electron chi connectivity index (χ0n) is 20.9. The quantitative estimate of drug-likeness (QED) is 0.224. The van der Waals surface area contributed by atoms with Crippen LogP contribution in [0.5, 0.6) is 5.75 Å². The number of phenolic OH excluding ortho intramolecular Hbond substituents is 1. The molecule has 0 radical (unpaired) electrons. The highest BCUT2D eigenvalue weighted by Crippen LogP contribution is 2.52. The van der Waals surface area contributed by atoms with Gasteiger partial charge in [0, 0.05) is 16.9 Å². The van der Waals surface area contributed by atoms with Crippen LogP contribution in [0.1, 0.15) is 117 Å². The number of benzene rings is 1. The Hall–Kier alpha value is -0.190. The van der Waals surface area contributed by atoms with Gasteiger partial charge in [-0.15, -0.1) is 11.8 Å². The van der Waals surface area contributed by atoms with E-state index >= 15 is 0 Å². The standard InChI is InChI=1S/C27H44OS3/c1-8-11-12-13-16-29-25-21(19-30-31-25)20-17-22(26(4,5)14-9-2)24(28)23(18-20)27(6,7)15-10-3/h17-18,28H,8-16,19H2,1-7H3. The Labute approximate surface area is 204 Å². The van der Waals surface area contributed by atoms with E-state index in [0.29, 0.717) is 5.75 Å². The highest BCUT2D eigenvalue weighted by Gasteiger charge is 2.32. The highest BCUT2D eigenvalue weighted by molar-refractivity contribution is 8.80. The predicted octanol–water partition coefficient (Wildman–Crippen LogP) is 9.92. The molecule has 1 nitrogen and oxygen atoms in total. The Bertz CT molecular complexity index is 710. The van der Waals surface area contributed by atoms with Crippen LogP contribution in [0, 0.1) is 0 Å². The van der Waals surface area contributed by atoms with E-state index in [2.05, 4.69) is 60.6 Å². The molecule has 2 rings (SSSR count). The fourth-order valence-electron chi connectivity index (χ4n) is 4.62. The first-order valence-electron chi connectivity index (χ1n) is 12.2. The molecule has 0 fully saturated rings. The lowest BCUT2D eigenvalue weighted by Crippen LogP contribution is -2.22. The van der Waals surface area contributed by atoms with Crippen molar-refractivity contribution < 1.29 is 5.11 Å². The van der Waals surface area contributed by atoms with Crippen LogP contribution in [0.3, 0.4) is 0 Å². The first-order chi connectivity index (χ1) is 14.7. The molecular weight excluding hydrogens is 436 g/mol. The van der Waals surface area contributed by atoms with Crippen LogP contribution in [0.25, 0.3) is 5.57 Å². The van der Waals surface area contributed by atoms with Gasteiger partial charge >= 0.3 is 0 Å². The SMILES string of the molecule is CCCCCCSC1=C(c2cc(C(C)(C)CCC)c(O)c(C(C)(C)CCC)c2)CSS1. The van der Waals surface area contributed by atoms with Crippen molar-refractivity contribution in [1.29, 1.82) is 0 Å². The average Bonchev–Trinajstić information content (AvgIpc) is 3.16. The lowest BCUT2D eigenvalue weighted by atomic mass is 9.73. The van der Waals surface area contributed by atoms with Gasteiger partial charge in [0.05, 0.1) is 4.24 Å². The van der Waals surface area contributed by atoms with Gasteiger partial charge in [-0.25, -0.2) is 0 Å². The number of unbranched alkanes of at least 4 members (excludes halogenated alkanes) is 3. The number of phenols is 1. The molecule has 176 valence electrons. The third-order valence-electron chi connectivity index (χ3n) is 6.48. The number of thioether (sulfide) groups is 1. The highest BCUT2D eigenvalue weighted by atomic mass is 33.1. The Balaban J connectivity index is 2.49. The van der Waals surface area contributed by atoms with Gasteiger partial charge in [0.2, 0.25) is 0 Å². The van der Waals surface area contributed by atoms with Gasteiger partial charge in [-0.3, -0.25) is 0 Å². The van der Waals surface area contributed by atoms with Crippen LogP contribution >= 0.6 is 33.3 Å². The van der Waals surface area contributed by atoms with Crippen molar-refractivity contribution in [2.24, 2.45) is 0 Å². The summed E-state index contributed by atoms with van der Waals surface area (Å²) in [6.45, 7) is 15.9. The van der Waals surface area contributed by atoms with E-state index in [1.807, 2.05) is 33.3 Å². The van der Waals surface area contributed by atoms with E-state index in [0.717, 1.165) is 42.6 Å². The molecule has 1 aromatic rings. The third-order valence-corrected chi connectivity index (χ3v) is 10.5. The molecule has 4 heteroatoms. The summed E-state index contributed by atoms with van der Waals surface area (Å²) in [6, 6.07) is 4.63. The zero-order valence-corrected chi connectivity index (χ0v) is 23.3. The maximum Gasteiger partial charge on any atom is 0.123 e. The topological polar surface area (TPSA) is 20.2 Å². The van der Waals surface area contributed by atoms with E-state index < -0.39 is 0 Å². The molecule has 0 saturated carbocycles. The second kappa shape index (κ2) is 12.3. The molecule has 0 aromatic heterocycles. The molecule has 1 heterocycles. The molecular formula is C27H44OS3. The summed E-state index contributed by atoms with van der Waals surface area (Å²) in [5, 5.41) is 11.4. The molecule has 31 heavy (non-hydrogen) atoms. The fraction of sp³-hybridized carbons (Fsp3) is 0.704. The van der Waals surface area contributed by atoms with Crippen LogP contribution in [0.2, 0.25) is 0 Å². The van der Waals surface area contributed by atoms with Crippen LogP contribution in [-0.4, -0.2) is 16.6 Å². The van der Waals surface area contributed by atoms with Crippen molar-refractivity contribution in [2.45, 2.75) is 111 Å². The summed E-state index contributed by atoms with van der Waals surface area (Å²) >= 11 is 2.05. The minimum absolute atomic E-state index is 0.0290. The lowest BCUT2D eigenvalue weighted by Gasteiger charge is -2.32. The van der Waals surface area contributed by atoms with Crippen molar-refractivity contribution >= 4 is 38.9 Å². The Morgan fingerprint density at radius 1 is 0.871 bits per heavy atom. The maximum absolute atomic E-state index is 11.4. The summed E-state index contributed by atoms with van der Waals surface area (Å²) in [5.74, 6) is 2.81. The molecule has 1 aromatic carbocycles. The predicted molar refractivity (Wildman–Crippen MR) is 148 cm³/mol. The monoisotopic (exact) mass is 480 g/mol.